The van der Waals surface area contributed by atoms with Gasteiger partial charge in [-0.2, -0.15) is 0 Å². The van der Waals surface area contributed by atoms with Gasteiger partial charge in [0, 0.05) is 32.7 Å². The van der Waals surface area contributed by atoms with Gasteiger partial charge in [0.1, 0.15) is 0 Å². The molecule has 1 saturated heterocycles. The Kier molecular flexibility index (Phi) is 5.01. The van der Waals surface area contributed by atoms with Gasteiger partial charge in [-0.05, 0) is 39.7 Å². The van der Waals surface area contributed by atoms with E-state index in [0.717, 1.165) is 38.6 Å². The summed E-state index contributed by atoms with van der Waals surface area (Å²) in [7, 11) is 2.12. The van der Waals surface area contributed by atoms with Gasteiger partial charge in [-0.3, -0.25) is 4.90 Å². The van der Waals surface area contributed by atoms with Crippen molar-refractivity contribution in [1.82, 2.24) is 9.80 Å². The van der Waals surface area contributed by atoms with E-state index in [-0.39, 0.29) is 18.3 Å². The van der Waals surface area contributed by atoms with E-state index in [9.17, 15) is 5.11 Å². The van der Waals surface area contributed by atoms with Crippen molar-refractivity contribution in [3.05, 3.63) is 0 Å². The number of aliphatic hydroxyl groups excluding tert-OH is 1. The highest BCUT2D eigenvalue weighted by Gasteiger charge is 2.26. The first-order chi connectivity index (χ1) is 8.52. The molecule has 4 heteroatoms. The van der Waals surface area contributed by atoms with Crippen molar-refractivity contribution >= 4 is 0 Å². The molecule has 0 spiro atoms. The fraction of sp³-hybridized carbons (Fsp3) is 1.00. The lowest BCUT2D eigenvalue weighted by Crippen LogP contribution is -2.49. The van der Waals surface area contributed by atoms with Crippen molar-refractivity contribution in [3.63, 3.8) is 0 Å². The zero-order valence-electron chi connectivity index (χ0n) is 12.0. The molecule has 106 valence electrons. The quantitative estimate of drug-likeness (QED) is 0.762. The standard InChI is InChI=1S/C14H28N2O2/c1-11-6-16(7-12(2)18-11)10-14(17)9-15(3)8-13-4-5-13/h11-14,17H,4-10H2,1-3H3/t11-,12-,14-/m1/s1. The fourth-order valence-corrected chi connectivity index (χ4v) is 2.96. The molecule has 0 radical (unpaired) electrons. The number of nitrogens with zero attached hydrogens (tertiary/aromatic N) is 2. The number of hydrogen-bond donors (Lipinski definition) is 1. The molecular weight excluding hydrogens is 228 g/mol. The van der Waals surface area contributed by atoms with Crippen molar-refractivity contribution in [2.75, 3.05) is 39.8 Å². The van der Waals surface area contributed by atoms with Gasteiger partial charge in [0.05, 0.1) is 18.3 Å². The molecule has 2 aliphatic rings. The number of morpholine rings is 1. The lowest BCUT2D eigenvalue weighted by molar-refractivity contribution is -0.0777. The van der Waals surface area contributed by atoms with Crippen molar-refractivity contribution in [2.45, 2.75) is 45.0 Å². The Morgan fingerprint density at radius 3 is 2.44 bits per heavy atom. The second kappa shape index (κ2) is 6.33. The number of β-amino-alcohol motifs (C(OH)–C–C–N with tert-alkyl or cyclic N) is 1. The van der Waals surface area contributed by atoms with Gasteiger partial charge >= 0.3 is 0 Å². The third-order valence-corrected chi connectivity index (χ3v) is 3.75. The summed E-state index contributed by atoms with van der Waals surface area (Å²) in [5, 5.41) is 10.2. The van der Waals surface area contributed by atoms with Crippen LogP contribution in [0.5, 0.6) is 0 Å². The van der Waals surface area contributed by atoms with Gasteiger partial charge in [0.25, 0.3) is 0 Å². The van der Waals surface area contributed by atoms with Gasteiger partial charge in [-0.1, -0.05) is 0 Å². The van der Waals surface area contributed by atoms with E-state index in [2.05, 4.69) is 30.7 Å². The molecule has 0 aromatic carbocycles. The topological polar surface area (TPSA) is 35.9 Å². The minimum atomic E-state index is -0.244. The van der Waals surface area contributed by atoms with Crippen LogP contribution in [0.4, 0.5) is 0 Å². The van der Waals surface area contributed by atoms with Crippen LogP contribution < -0.4 is 0 Å². The highest BCUT2D eigenvalue weighted by atomic mass is 16.5. The van der Waals surface area contributed by atoms with E-state index >= 15 is 0 Å². The minimum Gasteiger partial charge on any atom is -0.390 e. The Morgan fingerprint density at radius 1 is 1.28 bits per heavy atom. The van der Waals surface area contributed by atoms with E-state index in [4.69, 9.17) is 4.74 Å². The van der Waals surface area contributed by atoms with Crippen LogP contribution in [-0.4, -0.2) is 73.0 Å². The summed E-state index contributed by atoms with van der Waals surface area (Å²) in [6.45, 7) is 8.79. The maximum absolute atomic E-state index is 10.2. The molecular formula is C14H28N2O2. The fourth-order valence-electron chi connectivity index (χ4n) is 2.96. The lowest BCUT2D eigenvalue weighted by atomic mass is 10.2. The maximum Gasteiger partial charge on any atom is 0.0793 e. The molecule has 0 unspecified atom stereocenters. The number of aliphatic hydroxyl groups is 1. The maximum atomic E-state index is 10.2. The van der Waals surface area contributed by atoms with Gasteiger partial charge in [-0.15, -0.1) is 0 Å². The first-order valence-corrected chi connectivity index (χ1v) is 7.27. The zero-order chi connectivity index (χ0) is 13.1. The average Bonchev–Trinajstić information content (AvgIpc) is 2.98. The smallest absolute Gasteiger partial charge is 0.0793 e. The second-order valence-electron chi connectivity index (χ2n) is 6.29. The molecule has 2 fully saturated rings. The third-order valence-electron chi connectivity index (χ3n) is 3.75. The van der Waals surface area contributed by atoms with E-state index in [1.165, 1.54) is 12.8 Å². The SMILES string of the molecule is C[C@@H]1CN(C[C@H](O)CN(C)CC2CC2)C[C@@H](C)O1. The minimum absolute atomic E-state index is 0.244. The van der Waals surface area contributed by atoms with E-state index in [1.54, 1.807) is 0 Å². The number of hydrogen-bond acceptors (Lipinski definition) is 4. The molecule has 1 aliphatic heterocycles. The lowest BCUT2D eigenvalue weighted by Gasteiger charge is -2.36. The van der Waals surface area contributed by atoms with E-state index in [1.807, 2.05) is 0 Å². The first kappa shape index (κ1) is 14.3. The van der Waals surface area contributed by atoms with Gasteiger partial charge in [0.2, 0.25) is 0 Å². The van der Waals surface area contributed by atoms with Gasteiger partial charge in [-0.25, -0.2) is 0 Å². The molecule has 1 aliphatic carbocycles. The number of ether oxygens (including phenoxy) is 1. The van der Waals surface area contributed by atoms with Crippen LogP contribution in [0.25, 0.3) is 0 Å². The van der Waals surface area contributed by atoms with E-state index < -0.39 is 0 Å². The highest BCUT2D eigenvalue weighted by Crippen LogP contribution is 2.29. The number of rotatable bonds is 6. The Hall–Kier alpha value is -0.160. The predicted molar refractivity (Wildman–Crippen MR) is 72.7 cm³/mol. The molecule has 0 aromatic rings. The summed E-state index contributed by atoms with van der Waals surface area (Å²) < 4.78 is 5.71. The van der Waals surface area contributed by atoms with Crippen molar-refractivity contribution in [3.8, 4) is 0 Å². The molecule has 2 rings (SSSR count). The molecule has 4 nitrogen and oxygen atoms in total. The monoisotopic (exact) mass is 256 g/mol. The molecule has 1 heterocycles. The summed E-state index contributed by atoms with van der Waals surface area (Å²) in [4.78, 5) is 4.60. The van der Waals surface area contributed by atoms with Crippen molar-refractivity contribution in [2.24, 2.45) is 5.92 Å². The van der Waals surface area contributed by atoms with Crippen molar-refractivity contribution < 1.29 is 9.84 Å². The van der Waals surface area contributed by atoms with Crippen LogP contribution in [0.1, 0.15) is 26.7 Å². The van der Waals surface area contributed by atoms with Crippen molar-refractivity contribution in [1.29, 1.82) is 0 Å². The molecule has 3 atom stereocenters. The van der Waals surface area contributed by atoms with Crippen LogP contribution in [0.3, 0.4) is 0 Å². The molecule has 0 aromatic heterocycles. The summed E-state index contributed by atoms with van der Waals surface area (Å²) in [6.07, 6.45) is 3.07. The second-order valence-corrected chi connectivity index (χ2v) is 6.29. The Balaban J connectivity index is 1.67. The third kappa shape index (κ3) is 4.84. The molecule has 0 amide bonds. The Bertz CT molecular complexity index is 248. The Labute approximate surface area is 111 Å². The van der Waals surface area contributed by atoms with Crippen LogP contribution in [0.15, 0.2) is 0 Å². The summed E-state index contributed by atoms with van der Waals surface area (Å²) in [5.41, 5.74) is 0. The zero-order valence-corrected chi connectivity index (χ0v) is 12.0. The van der Waals surface area contributed by atoms with Crippen LogP contribution >= 0.6 is 0 Å². The molecule has 1 N–H and O–H groups in total. The predicted octanol–water partition coefficient (Wildman–Crippen LogP) is 0.798. The van der Waals surface area contributed by atoms with Crippen LogP contribution in [0, 0.1) is 5.92 Å². The molecule has 18 heavy (non-hydrogen) atoms. The normalized spacial score (nSPS) is 31.8. The van der Waals surface area contributed by atoms with Crippen LogP contribution in [-0.2, 0) is 4.74 Å². The molecule has 0 bridgehead atoms. The van der Waals surface area contributed by atoms with Gasteiger partial charge in [0.15, 0.2) is 0 Å². The largest absolute Gasteiger partial charge is 0.390 e. The van der Waals surface area contributed by atoms with Gasteiger partial charge < -0.3 is 14.7 Å². The molecule has 1 saturated carbocycles. The summed E-state index contributed by atoms with van der Waals surface area (Å²) >= 11 is 0. The number of likely N-dealkylation sites (N-methyl/N-ethyl adjacent to an activating group) is 1. The first-order valence-electron chi connectivity index (χ1n) is 7.27. The summed E-state index contributed by atoms with van der Waals surface area (Å²) in [5.74, 6) is 0.894. The van der Waals surface area contributed by atoms with Crippen LogP contribution in [0.2, 0.25) is 0 Å². The average molecular weight is 256 g/mol. The summed E-state index contributed by atoms with van der Waals surface area (Å²) in [6, 6.07) is 0. The Morgan fingerprint density at radius 2 is 1.89 bits per heavy atom. The van der Waals surface area contributed by atoms with E-state index in [0.29, 0.717) is 0 Å². The highest BCUT2D eigenvalue weighted by molar-refractivity contribution is 4.79.